The van der Waals surface area contributed by atoms with Crippen LogP contribution < -0.4 is 26.2 Å². The van der Waals surface area contributed by atoms with E-state index in [2.05, 4.69) is 310 Å². The highest BCUT2D eigenvalue weighted by molar-refractivity contribution is 7.00. The Balaban J connectivity index is 1.01. The number of hydrogen-bond donors (Lipinski definition) is 0. The molecule has 87 heavy (non-hydrogen) atoms. The maximum atomic E-state index is 6.43. The molecule has 4 heterocycles. The molecule has 2 aromatic heterocycles. The average Bonchev–Trinajstić information content (AvgIpc) is 1.28. The third kappa shape index (κ3) is 8.22. The van der Waals surface area contributed by atoms with Gasteiger partial charge < -0.3 is 18.6 Å². The standard InChI is InChI=1S/C82H57BN2O2/c1-82(2,3)60-50-73-79-74(51-60)85(81-63(54-26-12-6-13-27-54)34-21-35-64(81)55-28-14-7-15-29-55)72-49-59(57-41-45-78-68(47-57)66-31-17-19-37-76(66)87-78)39-43-70(72)83(79)69-42-38-58(56-40-44-77-67(46-56)65-30-16-18-36-75(65)86-77)48-71(69)84(73)80-61(52-22-8-4-9-23-52)32-20-33-62(80)53-24-10-5-11-25-53/h4-51H,1-3H3. The lowest BCUT2D eigenvalue weighted by atomic mass is 9.33. The van der Waals surface area contributed by atoms with E-state index in [9.17, 15) is 0 Å². The van der Waals surface area contributed by atoms with E-state index in [0.29, 0.717) is 0 Å². The smallest absolute Gasteiger partial charge is 0.252 e. The number of fused-ring (bicyclic) bond motifs is 10. The minimum absolute atomic E-state index is 0.182. The molecule has 0 unspecified atom stereocenters. The molecule has 0 saturated carbocycles. The monoisotopic (exact) mass is 1110 g/mol. The highest BCUT2D eigenvalue weighted by atomic mass is 16.3. The van der Waals surface area contributed by atoms with Crippen LogP contribution in [-0.2, 0) is 5.41 Å². The minimum atomic E-state index is -0.281. The first-order chi connectivity index (χ1) is 42.8. The molecule has 0 amide bonds. The van der Waals surface area contributed by atoms with Crippen LogP contribution in [0.1, 0.15) is 26.3 Å². The van der Waals surface area contributed by atoms with Crippen molar-refractivity contribution in [3.05, 3.63) is 297 Å². The molecule has 5 heteroatoms. The van der Waals surface area contributed by atoms with Crippen LogP contribution in [0.5, 0.6) is 0 Å². The van der Waals surface area contributed by atoms with Crippen molar-refractivity contribution < 1.29 is 8.83 Å². The van der Waals surface area contributed by atoms with E-state index >= 15 is 0 Å². The molecule has 0 atom stereocenters. The zero-order valence-corrected chi connectivity index (χ0v) is 48.5. The van der Waals surface area contributed by atoms with Crippen molar-refractivity contribution >= 4 is 101 Å². The number of hydrogen-bond acceptors (Lipinski definition) is 4. The number of anilines is 6. The molecule has 4 nitrogen and oxygen atoms in total. The molecular weight excluding hydrogens is 1060 g/mol. The van der Waals surface area contributed by atoms with Gasteiger partial charge in [-0.05, 0) is 133 Å². The summed E-state index contributed by atoms with van der Waals surface area (Å²) in [5, 5.41) is 4.43. The SMILES string of the molecule is CC(C)(C)c1cc2c3c(c1)N(c1c(-c4ccccc4)cccc1-c1ccccc1)c1cc(-c4ccc5oc6ccccc6c5c4)ccc1B3c1ccc(-c3ccc4oc5ccccc5c4c3)cc1N2c1c(-c2ccccc2)cccc1-c1ccccc1. The van der Waals surface area contributed by atoms with E-state index in [1.54, 1.807) is 0 Å². The summed E-state index contributed by atoms with van der Waals surface area (Å²) in [7, 11) is 0. The van der Waals surface area contributed by atoms with Crippen LogP contribution >= 0.6 is 0 Å². The lowest BCUT2D eigenvalue weighted by Gasteiger charge is -2.46. The summed E-state index contributed by atoms with van der Waals surface area (Å²) in [4.78, 5) is 5.31. The second-order valence-corrected chi connectivity index (χ2v) is 24.3. The quantitative estimate of drug-likeness (QED) is 0.142. The van der Waals surface area contributed by atoms with Gasteiger partial charge in [-0.3, -0.25) is 0 Å². The van der Waals surface area contributed by atoms with Gasteiger partial charge >= 0.3 is 0 Å². The Bertz CT molecular complexity index is 4780. The fraction of sp³-hybridized carbons (Fsp3) is 0.0488. The first-order valence-corrected chi connectivity index (χ1v) is 30.2. The highest BCUT2D eigenvalue weighted by Gasteiger charge is 2.46. The van der Waals surface area contributed by atoms with Gasteiger partial charge in [0.2, 0.25) is 0 Å². The van der Waals surface area contributed by atoms with Gasteiger partial charge in [-0.15, -0.1) is 0 Å². The Morgan fingerprint density at radius 1 is 0.276 bits per heavy atom. The van der Waals surface area contributed by atoms with Crippen molar-refractivity contribution in [2.24, 2.45) is 0 Å². The zero-order chi connectivity index (χ0) is 57.9. The summed E-state index contributed by atoms with van der Waals surface area (Å²) in [6.07, 6.45) is 0. The van der Waals surface area contributed by atoms with E-state index in [0.717, 1.165) is 145 Å². The second-order valence-electron chi connectivity index (χ2n) is 24.3. The fourth-order valence-electron chi connectivity index (χ4n) is 14.0. The van der Waals surface area contributed by atoms with Gasteiger partial charge in [-0.1, -0.05) is 251 Å². The molecular formula is C82H57BN2O2. The molecule has 17 rings (SSSR count). The summed E-state index contributed by atoms with van der Waals surface area (Å²) in [6, 6.07) is 107. The minimum Gasteiger partial charge on any atom is -0.456 e. The molecule has 13 aromatic carbocycles. The van der Waals surface area contributed by atoms with Crippen LogP contribution in [0.15, 0.2) is 300 Å². The fourth-order valence-corrected chi connectivity index (χ4v) is 14.0. The molecule has 0 saturated heterocycles. The van der Waals surface area contributed by atoms with E-state index in [4.69, 9.17) is 8.83 Å². The molecule has 0 fully saturated rings. The average molecular weight is 1110 g/mol. The number of furan rings is 2. The van der Waals surface area contributed by atoms with Crippen molar-refractivity contribution in [1.29, 1.82) is 0 Å². The van der Waals surface area contributed by atoms with Gasteiger partial charge in [0.05, 0.1) is 11.4 Å². The van der Waals surface area contributed by atoms with Crippen molar-refractivity contribution in [3.8, 4) is 66.8 Å². The first-order valence-electron chi connectivity index (χ1n) is 30.2. The summed E-state index contributed by atoms with van der Waals surface area (Å²) < 4.78 is 12.9. The molecule has 0 bridgehead atoms. The Hall–Kier alpha value is -10.9. The number of benzene rings is 13. The Morgan fingerprint density at radius 3 is 0.989 bits per heavy atom. The predicted octanol–water partition coefficient (Wildman–Crippen LogP) is 20.9. The van der Waals surface area contributed by atoms with Gasteiger partial charge in [-0.2, -0.15) is 0 Å². The third-order valence-electron chi connectivity index (χ3n) is 18.2. The van der Waals surface area contributed by atoms with Crippen molar-refractivity contribution in [2.75, 3.05) is 9.80 Å². The molecule has 0 radical (unpaired) electrons. The molecule has 0 aliphatic carbocycles. The van der Waals surface area contributed by atoms with E-state index in [1.807, 2.05) is 12.1 Å². The Labute approximate surface area is 506 Å². The van der Waals surface area contributed by atoms with Crippen LogP contribution in [0, 0.1) is 0 Å². The van der Waals surface area contributed by atoms with Crippen LogP contribution in [0.3, 0.4) is 0 Å². The van der Waals surface area contributed by atoms with Crippen LogP contribution in [0.4, 0.5) is 34.1 Å². The Morgan fingerprint density at radius 2 is 0.609 bits per heavy atom. The van der Waals surface area contributed by atoms with E-state index in [1.165, 1.54) is 22.0 Å². The maximum absolute atomic E-state index is 6.43. The highest BCUT2D eigenvalue weighted by Crippen LogP contribution is 2.54. The molecule has 2 aliphatic rings. The van der Waals surface area contributed by atoms with Crippen molar-refractivity contribution in [2.45, 2.75) is 26.2 Å². The number of para-hydroxylation sites is 4. The van der Waals surface area contributed by atoms with Crippen molar-refractivity contribution in [3.63, 3.8) is 0 Å². The van der Waals surface area contributed by atoms with Gasteiger partial charge in [0.15, 0.2) is 0 Å². The number of nitrogens with zero attached hydrogens (tertiary/aromatic N) is 2. The summed E-state index contributed by atoms with van der Waals surface area (Å²) in [5.41, 5.74) is 28.7. The molecule has 15 aromatic rings. The zero-order valence-electron chi connectivity index (χ0n) is 48.5. The summed E-state index contributed by atoms with van der Waals surface area (Å²) in [5.74, 6) is 0. The summed E-state index contributed by atoms with van der Waals surface area (Å²) in [6.45, 7) is 6.91. The largest absolute Gasteiger partial charge is 0.456 e. The van der Waals surface area contributed by atoms with Gasteiger partial charge in [-0.25, -0.2) is 0 Å². The third-order valence-corrected chi connectivity index (χ3v) is 18.2. The van der Waals surface area contributed by atoms with Gasteiger partial charge in [0, 0.05) is 66.5 Å². The summed E-state index contributed by atoms with van der Waals surface area (Å²) >= 11 is 0. The first kappa shape index (κ1) is 50.6. The molecule has 0 spiro atoms. The van der Waals surface area contributed by atoms with Crippen LogP contribution in [0.2, 0.25) is 0 Å². The van der Waals surface area contributed by atoms with Crippen LogP contribution in [-0.4, -0.2) is 6.71 Å². The Kier molecular flexibility index (Phi) is 11.6. The lowest BCUT2D eigenvalue weighted by molar-refractivity contribution is 0.590. The van der Waals surface area contributed by atoms with E-state index in [-0.39, 0.29) is 12.1 Å². The molecule has 2 aliphatic heterocycles. The maximum Gasteiger partial charge on any atom is 0.252 e. The number of rotatable bonds is 8. The molecule has 0 N–H and O–H groups in total. The second kappa shape index (κ2) is 19.9. The molecule has 410 valence electrons. The van der Waals surface area contributed by atoms with Gasteiger partial charge in [0.25, 0.3) is 6.71 Å². The van der Waals surface area contributed by atoms with E-state index < -0.39 is 0 Å². The van der Waals surface area contributed by atoms with Crippen LogP contribution in [0.25, 0.3) is 111 Å². The lowest BCUT2D eigenvalue weighted by Crippen LogP contribution is -2.61. The van der Waals surface area contributed by atoms with Crippen molar-refractivity contribution in [1.82, 2.24) is 0 Å². The topological polar surface area (TPSA) is 32.8 Å². The normalized spacial score (nSPS) is 12.7. The predicted molar refractivity (Wildman–Crippen MR) is 366 cm³/mol. The van der Waals surface area contributed by atoms with Gasteiger partial charge in [0.1, 0.15) is 22.3 Å².